The number of aryl methyl sites for hydroxylation is 3. The van der Waals surface area contributed by atoms with Gasteiger partial charge in [-0.1, -0.05) is 23.8 Å². The van der Waals surface area contributed by atoms with E-state index in [1.807, 2.05) is 19.9 Å². The summed E-state index contributed by atoms with van der Waals surface area (Å²) in [4.78, 5) is 13.5. The fraction of sp³-hybridized carbons (Fsp3) is 0.381. The van der Waals surface area contributed by atoms with Gasteiger partial charge in [0.15, 0.2) is 0 Å². The van der Waals surface area contributed by atoms with Crippen molar-refractivity contribution < 1.29 is 13.2 Å². The van der Waals surface area contributed by atoms with Crippen LogP contribution in [0.2, 0.25) is 0 Å². The van der Waals surface area contributed by atoms with Crippen molar-refractivity contribution in [3.05, 3.63) is 59.2 Å². The van der Waals surface area contributed by atoms with Crippen LogP contribution in [-0.4, -0.2) is 39.4 Å². The molecule has 0 heterocycles. The van der Waals surface area contributed by atoms with E-state index in [-0.39, 0.29) is 12.5 Å². The van der Waals surface area contributed by atoms with Gasteiger partial charge in [-0.15, -0.1) is 11.8 Å². The first-order chi connectivity index (χ1) is 13.2. The number of sulfonamides is 1. The molecule has 0 saturated heterocycles. The molecule has 2 rings (SSSR count). The number of hydrogen-bond donors (Lipinski definition) is 1. The Balaban J connectivity index is 1.84. The first-order valence-electron chi connectivity index (χ1n) is 9.18. The van der Waals surface area contributed by atoms with E-state index in [2.05, 4.69) is 36.5 Å². The van der Waals surface area contributed by atoms with E-state index in [4.69, 9.17) is 0 Å². The van der Waals surface area contributed by atoms with E-state index in [1.165, 1.54) is 10.5 Å². The largest absolute Gasteiger partial charge is 0.354 e. The van der Waals surface area contributed by atoms with Crippen LogP contribution in [0.15, 0.2) is 47.4 Å². The highest BCUT2D eigenvalue weighted by Crippen LogP contribution is 2.21. The van der Waals surface area contributed by atoms with Crippen LogP contribution in [0.1, 0.15) is 23.1 Å². The molecule has 28 heavy (non-hydrogen) atoms. The van der Waals surface area contributed by atoms with Gasteiger partial charge in [0.1, 0.15) is 6.54 Å². The minimum absolute atomic E-state index is 0.216. The summed E-state index contributed by atoms with van der Waals surface area (Å²) in [6.45, 7) is 6.24. The molecule has 0 aliphatic rings. The molecule has 0 bridgehead atoms. The van der Waals surface area contributed by atoms with Gasteiger partial charge < -0.3 is 5.32 Å². The van der Waals surface area contributed by atoms with Gasteiger partial charge >= 0.3 is 0 Å². The number of benzene rings is 2. The Hall–Kier alpha value is -1.99. The van der Waals surface area contributed by atoms with Crippen molar-refractivity contribution in [2.45, 2.75) is 32.1 Å². The Morgan fingerprint density at radius 3 is 2.32 bits per heavy atom. The summed E-state index contributed by atoms with van der Waals surface area (Å²) in [7, 11) is -3.55. The topological polar surface area (TPSA) is 66.5 Å². The smallest absolute Gasteiger partial charge is 0.240 e. The molecule has 2 aromatic rings. The van der Waals surface area contributed by atoms with Crippen LogP contribution in [0.5, 0.6) is 0 Å². The number of nitrogens with one attached hydrogen (secondary N) is 1. The molecule has 0 aromatic heterocycles. The Kier molecular flexibility index (Phi) is 7.95. The molecule has 5 nitrogen and oxygen atoms in total. The van der Waals surface area contributed by atoms with Crippen LogP contribution in [0, 0.1) is 20.8 Å². The molecule has 0 saturated carbocycles. The Labute approximate surface area is 172 Å². The number of carbonyl (C=O) groups is 1. The third kappa shape index (κ3) is 6.87. The van der Waals surface area contributed by atoms with Gasteiger partial charge in [0.2, 0.25) is 15.9 Å². The molecular formula is C21H28N2O3S2. The molecule has 2 aromatic carbocycles. The van der Waals surface area contributed by atoms with Gasteiger partial charge in [0, 0.05) is 11.4 Å². The van der Waals surface area contributed by atoms with Crippen molar-refractivity contribution >= 4 is 33.4 Å². The number of nitrogens with zero attached hydrogens (tertiary/aromatic N) is 1. The molecule has 0 aliphatic carbocycles. The van der Waals surface area contributed by atoms with Crippen LogP contribution in [-0.2, 0) is 14.8 Å². The Bertz CT molecular complexity index is 910. The lowest BCUT2D eigenvalue weighted by Gasteiger charge is -2.22. The number of carbonyl (C=O) groups excluding carboxylic acids is 1. The van der Waals surface area contributed by atoms with Crippen molar-refractivity contribution in [3.8, 4) is 0 Å². The zero-order valence-electron chi connectivity index (χ0n) is 16.9. The number of thioether (sulfide) groups is 1. The van der Waals surface area contributed by atoms with Crippen LogP contribution in [0.3, 0.4) is 0 Å². The monoisotopic (exact) mass is 420 g/mol. The predicted molar refractivity (Wildman–Crippen MR) is 118 cm³/mol. The summed E-state index contributed by atoms with van der Waals surface area (Å²) in [5.74, 6) is 0.583. The second kappa shape index (κ2) is 9.98. The summed E-state index contributed by atoms with van der Waals surface area (Å²) in [6, 6.07) is 13.7. The van der Waals surface area contributed by atoms with Crippen molar-refractivity contribution in [2.24, 2.45) is 0 Å². The van der Waals surface area contributed by atoms with E-state index in [1.54, 1.807) is 23.9 Å². The highest BCUT2D eigenvalue weighted by molar-refractivity contribution is 7.99. The first kappa shape index (κ1) is 22.3. The van der Waals surface area contributed by atoms with Crippen LogP contribution >= 0.6 is 11.8 Å². The van der Waals surface area contributed by atoms with Gasteiger partial charge in [-0.05, 0) is 68.3 Å². The SMILES string of the molecule is Cc1ccc(SCCCNC(=O)CN(c2ccc(C)c(C)c2)S(C)(=O)=O)cc1. The molecule has 0 spiro atoms. The fourth-order valence-electron chi connectivity index (χ4n) is 2.59. The van der Waals surface area contributed by atoms with E-state index in [0.29, 0.717) is 12.2 Å². The molecule has 7 heteroatoms. The zero-order chi connectivity index (χ0) is 20.7. The molecule has 0 fully saturated rings. The molecule has 0 aliphatic heterocycles. The lowest BCUT2D eigenvalue weighted by molar-refractivity contribution is -0.119. The normalized spacial score (nSPS) is 11.3. The molecule has 152 valence electrons. The van der Waals surface area contributed by atoms with Gasteiger partial charge in [-0.25, -0.2) is 8.42 Å². The van der Waals surface area contributed by atoms with Crippen LogP contribution in [0.25, 0.3) is 0 Å². The third-order valence-corrected chi connectivity index (χ3v) is 6.64. The summed E-state index contributed by atoms with van der Waals surface area (Å²) < 4.78 is 25.5. The predicted octanol–water partition coefficient (Wildman–Crippen LogP) is 3.68. The minimum Gasteiger partial charge on any atom is -0.354 e. The maximum absolute atomic E-state index is 12.3. The van der Waals surface area contributed by atoms with Gasteiger partial charge in [-0.2, -0.15) is 0 Å². The van der Waals surface area contributed by atoms with Crippen LogP contribution < -0.4 is 9.62 Å². The maximum Gasteiger partial charge on any atom is 0.240 e. The molecule has 0 atom stereocenters. The standard InChI is InChI=1S/C21H28N2O3S2/c1-16-6-10-20(11-7-16)27-13-5-12-22-21(24)15-23(28(4,25)26)19-9-8-17(2)18(3)14-19/h6-11,14H,5,12-13,15H2,1-4H3,(H,22,24). The molecule has 0 unspecified atom stereocenters. The second-order valence-corrected chi connectivity index (χ2v) is 9.98. The summed E-state index contributed by atoms with van der Waals surface area (Å²) >= 11 is 1.74. The Morgan fingerprint density at radius 1 is 1.04 bits per heavy atom. The second-order valence-electron chi connectivity index (χ2n) is 6.90. The van der Waals surface area contributed by atoms with E-state index in [9.17, 15) is 13.2 Å². The lowest BCUT2D eigenvalue weighted by Crippen LogP contribution is -2.40. The van der Waals surface area contributed by atoms with E-state index < -0.39 is 10.0 Å². The van der Waals surface area contributed by atoms with Gasteiger partial charge in [-0.3, -0.25) is 9.10 Å². The Morgan fingerprint density at radius 2 is 1.71 bits per heavy atom. The molecule has 1 N–H and O–H groups in total. The number of amides is 1. The van der Waals surface area contributed by atoms with Gasteiger partial charge in [0.25, 0.3) is 0 Å². The van der Waals surface area contributed by atoms with Crippen LogP contribution in [0.4, 0.5) is 5.69 Å². The number of rotatable bonds is 9. The fourth-order valence-corrected chi connectivity index (χ4v) is 4.29. The summed E-state index contributed by atoms with van der Waals surface area (Å²) in [5.41, 5.74) is 3.80. The van der Waals surface area contributed by atoms with Gasteiger partial charge in [0.05, 0.1) is 11.9 Å². The van der Waals surface area contributed by atoms with Crippen molar-refractivity contribution in [2.75, 3.05) is 29.4 Å². The van der Waals surface area contributed by atoms with Crippen molar-refractivity contribution in [1.29, 1.82) is 0 Å². The lowest BCUT2D eigenvalue weighted by atomic mass is 10.1. The number of hydrogen-bond acceptors (Lipinski definition) is 4. The third-order valence-electron chi connectivity index (χ3n) is 4.40. The number of anilines is 1. The summed E-state index contributed by atoms with van der Waals surface area (Å²) in [6.07, 6.45) is 1.93. The highest BCUT2D eigenvalue weighted by atomic mass is 32.2. The average molecular weight is 421 g/mol. The highest BCUT2D eigenvalue weighted by Gasteiger charge is 2.21. The van der Waals surface area contributed by atoms with E-state index >= 15 is 0 Å². The van der Waals surface area contributed by atoms with Crippen molar-refractivity contribution in [1.82, 2.24) is 5.32 Å². The molecule has 1 amide bonds. The molecular weight excluding hydrogens is 392 g/mol. The van der Waals surface area contributed by atoms with E-state index in [0.717, 1.165) is 33.9 Å². The first-order valence-corrected chi connectivity index (χ1v) is 12.0. The zero-order valence-corrected chi connectivity index (χ0v) is 18.5. The maximum atomic E-state index is 12.3. The molecule has 0 radical (unpaired) electrons. The minimum atomic E-state index is -3.55. The van der Waals surface area contributed by atoms with Crippen molar-refractivity contribution in [3.63, 3.8) is 0 Å². The average Bonchev–Trinajstić information content (AvgIpc) is 2.62. The quantitative estimate of drug-likeness (QED) is 0.496. The summed E-state index contributed by atoms with van der Waals surface area (Å²) in [5, 5.41) is 2.82.